The highest BCUT2D eigenvalue weighted by molar-refractivity contribution is 6.01. The van der Waals surface area contributed by atoms with Crippen molar-refractivity contribution in [2.24, 2.45) is 0 Å². The van der Waals surface area contributed by atoms with Gasteiger partial charge in [0.1, 0.15) is 11.1 Å². The van der Waals surface area contributed by atoms with Gasteiger partial charge in [0.15, 0.2) is 5.76 Å². The molecule has 5 nitrogen and oxygen atoms in total. The maximum atomic E-state index is 12.7. The Hall–Kier alpha value is -2.30. The quantitative estimate of drug-likeness (QED) is 0.882. The van der Waals surface area contributed by atoms with E-state index >= 15 is 0 Å². The molecule has 0 radical (unpaired) electrons. The van der Waals surface area contributed by atoms with Gasteiger partial charge in [-0.2, -0.15) is 0 Å². The largest absolute Gasteiger partial charge is 0.467 e. The van der Waals surface area contributed by atoms with Gasteiger partial charge in [0, 0.05) is 10.9 Å². The van der Waals surface area contributed by atoms with Gasteiger partial charge >= 0.3 is 5.97 Å². The maximum Gasteiger partial charge on any atom is 0.331 e. The van der Waals surface area contributed by atoms with E-state index in [0.29, 0.717) is 18.4 Å². The van der Waals surface area contributed by atoms with Gasteiger partial charge in [-0.05, 0) is 25.8 Å². The van der Waals surface area contributed by atoms with Crippen LogP contribution in [0.2, 0.25) is 0 Å². The first-order valence-corrected chi connectivity index (χ1v) is 7.96. The lowest BCUT2D eigenvalue weighted by atomic mass is 9.81. The normalized spacial score (nSPS) is 17.0. The molecule has 0 spiro atoms. The van der Waals surface area contributed by atoms with Crippen LogP contribution in [0.3, 0.4) is 0 Å². The number of ether oxygens (including phenoxy) is 1. The fraction of sp³-hybridized carbons (Fsp3) is 0.444. The molecule has 23 heavy (non-hydrogen) atoms. The molecule has 0 atom stereocenters. The molecule has 1 fully saturated rings. The third kappa shape index (κ3) is 2.71. The molecule has 0 saturated heterocycles. The lowest BCUT2D eigenvalue weighted by Crippen LogP contribution is -2.56. The molecule has 1 aliphatic carbocycles. The fourth-order valence-corrected chi connectivity index (χ4v) is 3.40. The summed E-state index contributed by atoms with van der Waals surface area (Å²) in [4.78, 5) is 25.0. The molecule has 0 aliphatic heterocycles. The van der Waals surface area contributed by atoms with Gasteiger partial charge in [-0.1, -0.05) is 37.5 Å². The Morgan fingerprint density at radius 1 is 1.17 bits per heavy atom. The van der Waals surface area contributed by atoms with E-state index in [1.807, 2.05) is 31.2 Å². The van der Waals surface area contributed by atoms with E-state index in [9.17, 15) is 9.59 Å². The first-order chi connectivity index (χ1) is 11.1. The molecule has 0 bridgehead atoms. The van der Waals surface area contributed by atoms with Crippen molar-refractivity contribution in [3.63, 3.8) is 0 Å². The number of rotatable bonds is 3. The second kappa shape index (κ2) is 6.07. The Morgan fingerprint density at radius 2 is 1.87 bits per heavy atom. The number of esters is 1. The molecular weight excluding hydrogens is 294 g/mol. The minimum Gasteiger partial charge on any atom is -0.467 e. The number of fused-ring (bicyclic) bond motifs is 1. The highest BCUT2D eigenvalue weighted by Gasteiger charge is 2.42. The van der Waals surface area contributed by atoms with Crippen molar-refractivity contribution in [1.82, 2.24) is 5.32 Å². The summed E-state index contributed by atoms with van der Waals surface area (Å²) in [5.74, 6) is -0.467. The van der Waals surface area contributed by atoms with Crippen molar-refractivity contribution in [1.29, 1.82) is 0 Å². The van der Waals surface area contributed by atoms with Crippen LogP contribution in [-0.4, -0.2) is 24.5 Å². The Morgan fingerprint density at radius 3 is 2.52 bits per heavy atom. The van der Waals surface area contributed by atoms with Gasteiger partial charge in [-0.3, -0.25) is 4.79 Å². The minimum atomic E-state index is -0.935. The maximum absolute atomic E-state index is 12.7. The second-order valence-corrected chi connectivity index (χ2v) is 6.14. The first kappa shape index (κ1) is 15.6. The molecule has 3 rings (SSSR count). The van der Waals surface area contributed by atoms with E-state index in [1.54, 1.807) is 0 Å². The van der Waals surface area contributed by atoms with Crippen LogP contribution in [0, 0.1) is 6.92 Å². The molecule has 122 valence electrons. The number of methoxy groups -OCH3 is 1. The lowest BCUT2D eigenvalue weighted by molar-refractivity contribution is -0.149. The molecule has 1 aromatic heterocycles. The van der Waals surface area contributed by atoms with Crippen molar-refractivity contribution in [3.8, 4) is 0 Å². The smallest absolute Gasteiger partial charge is 0.331 e. The third-order valence-corrected chi connectivity index (χ3v) is 4.69. The number of amides is 1. The SMILES string of the molecule is COC(=O)C1(NC(=O)c2oc3ccccc3c2C)CCCCC1. The van der Waals surface area contributed by atoms with E-state index < -0.39 is 5.54 Å². The van der Waals surface area contributed by atoms with Crippen LogP contribution in [0.1, 0.15) is 48.2 Å². The minimum absolute atomic E-state index is 0.264. The molecule has 1 aromatic carbocycles. The number of hydrogen-bond acceptors (Lipinski definition) is 4. The molecule has 5 heteroatoms. The van der Waals surface area contributed by atoms with Gasteiger partial charge in [-0.25, -0.2) is 4.79 Å². The van der Waals surface area contributed by atoms with Crippen LogP contribution in [0.4, 0.5) is 0 Å². The van der Waals surface area contributed by atoms with Crippen LogP contribution in [-0.2, 0) is 9.53 Å². The summed E-state index contributed by atoms with van der Waals surface area (Å²) in [6.07, 6.45) is 4.07. The number of aryl methyl sites for hydroxylation is 1. The zero-order valence-corrected chi connectivity index (χ0v) is 13.5. The van der Waals surface area contributed by atoms with Crippen molar-refractivity contribution >= 4 is 22.8 Å². The van der Waals surface area contributed by atoms with E-state index in [0.717, 1.165) is 30.2 Å². The van der Waals surface area contributed by atoms with Crippen LogP contribution in [0.5, 0.6) is 0 Å². The second-order valence-electron chi connectivity index (χ2n) is 6.14. The molecule has 2 aromatic rings. The summed E-state index contributed by atoms with van der Waals surface area (Å²) in [6.45, 7) is 1.85. The number of nitrogens with one attached hydrogen (secondary N) is 1. The molecule has 0 unspecified atom stereocenters. The van der Waals surface area contributed by atoms with Gasteiger partial charge in [-0.15, -0.1) is 0 Å². The summed E-state index contributed by atoms with van der Waals surface area (Å²) in [5, 5.41) is 3.80. The van der Waals surface area contributed by atoms with Crippen molar-refractivity contribution < 1.29 is 18.7 Å². The predicted octanol–water partition coefficient (Wildman–Crippen LogP) is 3.35. The van der Waals surface area contributed by atoms with E-state index in [2.05, 4.69) is 5.32 Å². The van der Waals surface area contributed by atoms with Gasteiger partial charge < -0.3 is 14.5 Å². The predicted molar refractivity (Wildman–Crippen MR) is 86.2 cm³/mol. The van der Waals surface area contributed by atoms with Crippen molar-refractivity contribution in [2.75, 3.05) is 7.11 Å². The highest BCUT2D eigenvalue weighted by Crippen LogP contribution is 2.31. The summed E-state index contributed by atoms with van der Waals surface area (Å²) < 4.78 is 10.6. The summed E-state index contributed by atoms with van der Waals surface area (Å²) >= 11 is 0. The Labute approximate surface area is 135 Å². The fourth-order valence-electron chi connectivity index (χ4n) is 3.40. The summed E-state index contributed by atoms with van der Waals surface area (Å²) in [6, 6.07) is 7.52. The molecule has 1 N–H and O–H groups in total. The molecule has 1 amide bonds. The monoisotopic (exact) mass is 315 g/mol. The number of carbonyl (C=O) groups excluding carboxylic acids is 2. The number of carbonyl (C=O) groups is 2. The third-order valence-electron chi connectivity index (χ3n) is 4.69. The van der Waals surface area contributed by atoms with E-state index in [-0.39, 0.29) is 17.6 Å². The average molecular weight is 315 g/mol. The average Bonchev–Trinajstić information content (AvgIpc) is 2.92. The van der Waals surface area contributed by atoms with E-state index in [1.165, 1.54) is 7.11 Å². The molecule has 1 saturated carbocycles. The van der Waals surface area contributed by atoms with Crippen LogP contribution in [0.15, 0.2) is 28.7 Å². The number of hydrogen-bond donors (Lipinski definition) is 1. The van der Waals surface area contributed by atoms with Crippen molar-refractivity contribution in [3.05, 3.63) is 35.6 Å². The lowest BCUT2D eigenvalue weighted by Gasteiger charge is -2.34. The van der Waals surface area contributed by atoms with Gasteiger partial charge in [0.25, 0.3) is 5.91 Å². The Balaban J connectivity index is 1.92. The standard InChI is InChI=1S/C18H21NO4/c1-12-13-8-4-5-9-14(13)23-15(12)16(20)19-18(17(21)22-2)10-6-3-7-11-18/h4-5,8-9H,3,6-7,10-11H2,1-2H3,(H,19,20). The first-order valence-electron chi connectivity index (χ1n) is 7.96. The molecule has 1 heterocycles. The zero-order valence-electron chi connectivity index (χ0n) is 13.5. The van der Waals surface area contributed by atoms with Crippen LogP contribution >= 0.6 is 0 Å². The van der Waals surface area contributed by atoms with Crippen molar-refractivity contribution in [2.45, 2.75) is 44.6 Å². The topological polar surface area (TPSA) is 68.5 Å². The zero-order chi connectivity index (χ0) is 16.4. The summed E-state index contributed by atoms with van der Waals surface area (Å²) in [7, 11) is 1.36. The van der Waals surface area contributed by atoms with Crippen LogP contribution < -0.4 is 5.32 Å². The summed E-state index contributed by atoms with van der Waals surface area (Å²) in [5.41, 5.74) is 0.523. The molecular formula is C18H21NO4. The number of furan rings is 1. The number of benzene rings is 1. The van der Waals surface area contributed by atoms with Crippen LogP contribution in [0.25, 0.3) is 11.0 Å². The Kier molecular flexibility index (Phi) is 4.11. The van der Waals surface area contributed by atoms with Gasteiger partial charge in [0.2, 0.25) is 0 Å². The van der Waals surface area contributed by atoms with E-state index in [4.69, 9.17) is 9.15 Å². The molecule has 1 aliphatic rings. The Bertz CT molecular complexity index is 741. The number of para-hydroxylation sites is 1. The highest BCUT2D eigenvalue weighted by atomic mass is 16.5. The van der Waals surface area contributed by atoms with Gasteiger partial charge in [0.05, 0.1) is 7.11 Å².